The van der Waals surface area contributed by atoms with E-state index in [1.165, 1.54) is 39.6 Å². The number of hydrogen-bond acceptors (Lipinski definition) is 5. The summed E-state index contributed by atoms with van der Waals surface area (Å²) in [4.78, 5) is 20.1. The third-order valence-corrected chi connectivity index (χ3v) is 10.6. The van der Waals surface area contributed by atoms with Crippen LogP contribution in [-0.2, 0) is 11.3 Å². The van der Waals surface area contributed by atoms with Crippen LogP contribution in [0.1, 0.15) is 89.0 Å². The van der Waals surface area contributed by atoms with Gasteiger partial charge < -0.3 is 9.64 Å². The summed E-state index contributed by atoms with van der Waals surface area (Å²) in [7, 11) is 0. The Morgan fingerprint density at radius 2 is 1.78 bits per heavy atom. The number of piperidine rings is 1. The maximum Gasteiger partial charge on any atom is 0.410 e. The maximum atomic E-state index is 12.6. The average molecular weight is 574 g/mol. The van der Waals surface area contributed by atoms with Crippen LogP contribution in [0.5, 0.6) is 0 Å². The zero-order valence-corrected chi connectivity index (χ0v) is 26.4. The molecule has 1 aromatic heterocycles. The minimum Gasteiger partial charge on any atom is -0.444 e. The first-order valence-corrected chi connectivity index (χ1v) is 16.5. The molecule has 6 rings (SSSR count). The molecule has 5 nitrogen and oxygen atoms in total. The Balaban J connectivity index is 1.15. The number of thiophene rings is 1. The summed E-state index contributed by atoms with van der Waals surface area (Å²) in [5, 5.41) is 3.56. The van der Waals surface area contributed by atoms with E-state index in [0.29, 0.717) is 23.4 Å². The van der Waals surface area contributed by atoms with E-state index in [-0.39, 0.29) is 6.09 Å². The molecule has 1 unspecified atom stereocenters. The molecule has 41 heavy (non-hydrogen) atoms. The van der Waals surface area contributed by atoms with Gasteiger partial charge in [-0.1, -0.05) is 44.2 Å². The van der Waals surface area contributed by atoms with Crippen molar-refractivity contribution in [3.8, 4) is 0 Å². The number of benzene rings is 2. The van der Waals surface area contributed by atoms with Crippen molar-refractivity contribution in [2.24, 2.45) is 5.41 Å². The molecule has 6 heteroatoms. The molecule has 3 heterocycles. The van der Waals surface area contributed by atoms with Crippen LogP contribution in [0.4, 0.5) is 4.79 Å². The summed E-state index contributed by atoms with van der Waals surface area (Å²) in [6.07, 6.45) is 4.55. The van der Waals surface area contributed by atoms with Crippen molar-refractivity contribution < 1.29 is 9.53 Å². The SMILES string of the molecule is CC(C)c1ccccc1C1CN(Cc2ccc3sccc3c2)CCN1C1CC2(CCN(C(=O)OC(C)(C)C)CC2)C1. The van der Waals surface area contributed by atoms with Crippen LogP contribution >= 0.6 is 11.3 Å². The van der Waals surface area contributed by atoms with Crippen molar-refractivity contribution in [2.75, 3.05) is 32.7 Å². The lowest BCUT2D eigenvalue weighted by Crippen LogP contribution is -2.60. The Bertz CT molecular complexity index is 1360. The van der Waals surface area contributed by atoms with E-state index in [2.05, 4.69) is 77.6 Å². The Morgan fingerprint density at radius 3 is 2.51 bits per heavy atom. The lowest BCUT2D eigenvalue weighted by Gasteiger charge is -2.58. The van der Waals surface area contributed by atoms with Crippen LogP contribution in [0.15, 0.2) is 53.9 Å². The number of piperazine rings is 1. The number of hydrogen-bond donors (Lipinski definition) is 0. The average Bonchev–Trinajstić information content (AvgIpc) is 3.39. The maximum absolute atomic E-state index is 12.6. The minimum atomic E-state index is -0.437. The van der Waals surface area contributed by atoms with Gasteiger partial charge in [0.25, 0.3) is 0 Å². The molecule has 0 N–H and O–H groups in total. The predicted molar refractivity (Wildman–Crippen MR) is 170 cm³/mol. The molecule has 3 fully saturated rings. The summed E-state index contributed by atoms with van der Waals surface area (Å²) in [5.74, 6) is 0.509. The third-order valence-electron chi connectivity index (χ3n) is 9.69. The van der Waals surface area contributed by atoms with Crippen molar-refractivity contribution in [3.63, 3.8) is 0 Å². The molecular weight excluding hydrogens is 526 g/mol. The molecule has 2 aromatic carbocycles. The molecule has 1 saturated carbocycles. The van der Waals surface area contributed by atoms with Gasteiger partial charge >= 0.3 is 6.09 Å². The lowest BCUT2D eigenvalue weighted by molar-refractivity contribution is -0.0782. The molecule has 3 aliphatic rings. The highest BCUT2D eigenvalue weighted by Gasteiger charge is 2.50. The van der Waals surface area contributed by atoms with Crippen LogP contribution in [0.3, 0.4) is 0 Å². The molecule has 1 spiro atoms. The van der Waals surface area contributed by atoms with Gasteiger partial charge in [-0.25, -0.2) is 4.79 Å². The molecule has 220 valence electrons. The molecule has 2 saturated heterocycles. The second kappa shape index (κ2) is 11.3. The van der Waals surface area contributed by atoms with E-state index in [1.807, 2.05) is 37.0 Å². The molecule has 2 aliphatic heterocycles. The molecular formula is C35H47N3O2S. The van der Waals surface area contributed by atoms with E-state index in [4.69, 9.17) is 4.74 Å². The first-order chi connectivity index (χ1) is 19.6. The summed E-state index contributed by atoms with van der Waals surface area (Å²) in [6.45, 7) is 16.4. The quantitative estimate of drug-likeness (QED) is 0.309. The fourth-order valence-corrected chi connectivity index (χ4v) is 8.27. The Hall–Kier alpha value is -2.41. The second-order valence-corrected chi connectivity index (χ2v) is 15.0. The van der Waals surface area contributed by atoms with Gasteiger partial charge in [-0.05, 0) is 103 Å². The standard InChI is InChI=1S/C35H47N3O2S/c1-25(2)29-8-6-7-9-30(29)31-24-36(23-26-10-11-32-27(20-26)12-19-41-32)17-18-38(31)28-21-35(22-28)13-15-37(16-14-35)33(39)40-34(3,4)5/h6-12,19-20,25,28,31H,13-18,21-24H2,1-5H3. The summed E-state index contributed by atoms with van der Waals surface area (Å²) >= 11 is 1.82. The monoisotopic (exact) mass is 573 g/mol. The van der Waals surface area contributed by atoms with E-state index in [9.17, 15) is 4.79 Å². The number of nitrogens with zero attached hydrogens (tertiary/aromatic N) is 3. The predicted octanol–water partition coefficient (Wildman–Crippen LogP) is 8.06. The molecule has 1 amide bonds. The van der Waals surface area contributed by atoms with Gasteiger partial charge in [0.2, 0.25) is 0 Å². The normalized spacial score (nSPS) is 22.4. The fraction of sp³-hybridized carbons (Fsp3) is 0.571. The van der Waals surface area contributed by atoms with Crippen LogP contribution < -0.4 is 0 Å². The molecule has 0 bridgehead atoms. The number of carbonyl (C=O) groups excluding carboxylic acids is 1. The summed E-state index contributed by atoms with van der Waals surface area (Å²) in [5.41, 5.74) is 4.37. The number of fused-ring (bicyclic) bond motifs is 1. The fourth-order valence-electron chi connectivity index (χ4n) is 7.50. The highest BCUT2D eigenvalue weighted by molar-refractivity contribution is 7.17. The van der Waals surface area contributed by atoms with Gasteiger partial charge in [-0.3, -0.25) is 9.80 Å². The van der Waals surface area contributed by atoms with Crippen molar-refractivity contribution in [1.82, 2.24) is 14.7 Å². The van der Waals surface area contributed by atoms with Crippen LogP contribution in [0.25, 0.3) is 10.1 Å². The van der Waals surface area contributed by atoms with Gasteiger partial charge in [0.05, 0.1) is 0 Å². The number of likely N-dealkylation sites (tertiary alicyclic amines) is 1. The van der Waals surface area contributed by atoms with Crippen LogP contribution in [0, 0.1) is 5.41 Å². The molecule has 3 aromatic rings. The number of rotatable bonds is 5. The third kappa shape index (κ3) is 6.21. The smallest absolute Gasteiger partial charge is 0.410 e. The van der Waals surface area contributed by atoms with Crippen molar-refractivity contribution in [2.45, 2.75) is 90.4 Å². The second-order valence-electron chi connectivity index (χ2n) is 14.1. The first kappa shape index (κ1) is 28.7. The number of amides is 1. The van der Waals surface area contributed by atoms with Crippen molar-refractivity contribution >= 4 is 27.5 Å². The highest BCUT2D eigenvalue weighted by Crippen LogP contribution is 2.53. The molecule has 1 atom stereocenters. The van der Waals surface area contributed by atoms with Crippen LogP contribution in [0.2, 0.25) is 0 Å². The molecule has 0 radical (unpaired) electrons. The molecule has 1 aliphatic carbocycles. The topological polar surface area (TPSA) is 36.0 Å². The van der Waals surface area contributed by atoms with E-state index < -0.39 is 5.60 Å². The summed E-state index contributed by atoms with van der Waals surface area (Å²) < 4.78 is 7.02. The zero-order valence-electron chi connectivity index (χ0n) is 25.6. The minimum absolute atomic E-state index is 0.150. The number of ether oxygens (including phenoxy) is 1. The zero-order chi connectivity index (χ0) is 28.8. The van der Waals surface area contributed by atoms with Gasteiger partial charge in [-0.15, -0.1) is 11.3 Å². The van der Waals surface area contributed by atoms with Gasteiger partial charge in [-0.2, -0.15) is 0 Å². The highest BCUT2D eigenvalue weighted by atomic mass is 32.1. The van der Waals surface area contributed by atoms with E-state index in [1.54, 1.807) is 0 Å². The largest absolute Gasteiger partial charge is 0.444 e. The van der Waals surface area contributed by atoms with Gasteiger partial charge in [0.15, 0.2) is 0 Å². The van der Waals surface area contributed by atoms with E-state index in [0.717, 1.165) is 52.1 Å². The number of carbonyl (C=O) groups is 1. The van der Waals surface area contributed by atoms with Crippen molar-refractivity contribution in [1.29, 1.82) is 0 Å². The first-order valence-electron chi connectivity index (χ1n) is 15.6. The lowest BCUT2D eigenvalue weighted by atomic mass is 9.59. The Labute approximate surface area is 250 Å². The Morgan fingerprint density at radius 1 is 1.02 bits per heavy atom. The van der Waals surface area contributed by atoms with Gasteiger partial charge in [0.1, 0.15) is 5.60 Å². The van der Waals surface area contributed by atoms with Crippen molar-refractivity contribution in [3.05, 3.63) is 70.6 Å². The van der Waals surface area contributed by atoms with Crippen LogP contribution in [-0.4, -0.2) is 65.2 Å². The van der Waals surface area contributed by atoms with E-state index >= 15 is 0 Å². The Kier molecular flexibility index (Phi) is 7.94. The van der Waals surface area contributed by atoms with Gasteiger partial charge in [0, 0.05) is 56.1 Å². The summed E-state index contributed by atoms with van der Waals surface area (Å²) in [6, 6.07) is 19.4.